The van der Waals surface area contributed by atoms with Gasteiger partial charge in [0, 0.05) is 11.6 Å². The van der Waals surface area contributed by atoms with Crippen molar-refractivity contribution in [3.05, 3.63) is 100 Å². The number of fused-ring (bicyclic) bond motifs is 1. The summed E-state index contributed by atoms with van der Waals surface area (Å²) in [5.41, 5.74) is 3.90. The third kappa shape index (κ3) is 4.24. The van der Waals surface area contributed by atoms with Gasteiger partial charge in [0.15, 0.2) is 5.43 Å². The van der Waals surface area contributed by atoms with Crippen molar-refractivity contribution in [3.8, 4) is 17.1 Å². The SMILES string of the molecule is CC(C)(C)c1ccc(COc2cccc(-c3cc(=O)c4ccccc4o3)c2)cc1. The van der Waals surface area contributed by atoms with Crippen molar-refractivity contribution in [2.45, 2.75) is 32.8 Å². The second-order valence-electron chi connectivity index (χ2n) is 8.23. The van der Waals surface area contributed by atoms with Crippen molar-refractivity contribution < 1.29 is 9.15 Å². The fourth-order valence-electron chi connectivity index (χ4n) is 3.25. The molecular weight excluding hydrogens is 360 g/mol. The molecule has 0 saturated heterocycles. The van der Waals surface area contributed by atoms with Crippen molar-refractivity contribution in [2.75, 3.05) is 0 Å². The fraction of sp³-hybridized carbons (Fsp3) is 0.192. The second-order valence-corrected chi connectivity index (χ2v) is 8.23. The maximum absolute atomic E-state index is 12.4. The van der Waals surface area contributed by atoms with Crippen LogP contribution >= 0.6 is 0 Å². The summed E-state index contributed by atoms with van der Waals surface area (Å²) in [7, 11) is 0. The number of rotatable bonds is 4. The minimum absolute atomic E-state index is 0.0490. The lowest BCUT2D eigenvalue weighted by molar-refractivity contribution is 0.306. The molecule has 4 rings (SSSR count). The van der Waals surface area contributed by atoms with Crippen LogP contribution in [0.25, 0.3) is 22.3 Å². The molecule has 0 atom stereocenters. The van der Waals surface area contributed by atoms with Crippen LogP contribution in [0.3, 0.4) is 0 Å². The van der Waals surface area contributed by atoms with E-state index >= 15 is 0 Å². The van der Waals surface area contributed by atoms with Crippen LogP contribution in [-0.4, -0.2) is 0 Å². The molecule has 0 aliphatic heterocycles. The van der Waals surface area contributed by atoms with Gasteiger partial charge in [-0.05, 0) is 40.8 Å². The molecule has 3 nitrogen and oxygen atoms in total. The molecule has 0 bridgehead atoms. The van der Waals surface area contributed by atoms with Gasteiger partial charge in [0.25, 0.3) is 0 Å². The van der Waals surface area contributed by atoms with Gasteiger partial charge in [0.05, 0.1) is 5.39 Å². The smallest absolute Gasteiger partial charge is 0.193 e. The normalized spacial score (nSPS) is 11.6. The van der Waals surface area contributed by atoms with Crippen molar-refractivity contribution in [3.63, 3.8) is 0 Å². The Morgan fingerprint density at radius 3 is 2.38 bits per heavy atom. The van der Waals surface area contributed by atoms with Crippen LogP contribution in [-0.2, 0) is 12.0 Å². The summed E-state index contributed by atoms with van der Waals surface area (Å²) in [6, 6.07) is 24.9. The lowest BCUT2D eigenvalue weighted by Crippen LogP contribution is -2.10. The monoisotopic (exact) mass is 384 g/mol. The highest BCUT2D eigenvalue weighted by Gasteiger charge is 2.13. The summed E-state index contributed by atoms with van der Waals surface area (Å²) >= 11 is 0. The summed E-state index contributed by atoms with van der Waals surface area (Å²) < 4.78 is 11.9. The van der Waals surface area contributed by atoms with Crippen LogP contribution in [0.1, 0.15) is 31.9 Å². The maximum Gasteiger partial charge on any atom is 0.193 e. The zero-order valence-corrected chi connectivity index (χ0v) is 16.9. The number of ether oxygens (including phenoxy) is 1. The second kappa shape index (κ2) is 7.59. The van der Waals surface area contributed by atoms with Crippen molar-refractivity contribution in [1.29, 1.82) is 0 Å². The molecule has 29 heavy (non-hydrogen) atoms. The maximum atomic E-state index is 12.4. The van der Waals surface area contributed by atoms with E-state index in [4.69, 9.17) is 9.15 Å². The Kier molecular flexibility index (Phi) is 4.98. The van der Waals surface area contributed by atoms with Crippen molar-refractivity contribution in [2.24, 2.45) is 0 Å². The average molecular weight is 384 g/mol. The van der Waals surface area contributed by atoms with Crippen LogP contribution in [0, 0.1) is 0 Å². The minimum atomic E-state index is -0.0490. The highest BCUT2D eigenvalue weighted by atomic mass is 16.5. The van der Waals surface area contributed by atoms with E-state index in [-0.39, 0.29) is 10.8 Å². The molecule has 0 saturated carbocycles. The van der Waals surface area contributed by atoms with E-state index in [0.29, 0.717) is 23.3 Å². The van der Waals surface area contributed by atoms with Gasteiger partial charge < -0.3 is 9.15 Å². The minimum Gasteiger partial charge on any atom is -0.489 e. The highest BCUT2D eigenvalue weighted by Crippen LogP contribution is 2.26. The highest BCUT2D eigenvalue weighted by molar-refractivity contribution is 5.78. The summed E-state index contributed by atoms with van der Waals surface area (Å²) in [6.45, 7) is 7.09. The Bertz CT molecular complexity index is 1200. The summed E-state index contributed by atoms with van der Waals surface area (Å²) in [5, 5.41) is 0.586. The zero-order chi connectivity index (χ0) is 20.4. The Morgan fingerprint density at radius 1 is 0.862 bits per heavy atom. The third-order valence-corrected chi connectivity index (χ3v) is 4.98. The van der Waals surface area contributed by atoms with E-state index < -0.39 is 0 Å². The molecule has 0 unspecified atom stereocenters. The molecule has 3 aromatic carbocycles. The first-order valence-corrected chi connectivity index (χ1v) is 9.76. The number of hydrogen-bond acceptors (Lipinski definition) is 3. The van der Waals surface area contributed by atoms with Crippen LogP contribution in [0.4, 0.5) is 0 Å². The zero-order valence-electron chi connectivity index (χ0n) is 16.9. The largest absolute Gasteiger partial charge is 0.489 e. The molecule has 0 amide bonds. The van der Waals surface area contributed by atoms with Crippen LogP contribution in [0.5, 0.6) is 5.75 Å². The molecule has 0 N–H and O–H groups in total. The van der Waals surface area contributed by atoms with Gasteiger partial charge in [0.1, 0.15) is 23.7 Å². The molecule has 4 aromatic rings. The van der Waals surface area contributed by atoms with E-state index in [0.717, 1.165) is 16.9 Å². The lowest BCUT2D eigenvalue weighted by atomic mass is 9.87. The predicted octanol–water partition coefficient (Wildman–Crippen LogP) is 6.34. The van der Waals surface area contributed by atoms with E-state index in [1.807, 2.05) is 42.5 Å². The van der Waals surface area contributed by atoms with Gasteiger partial charge in [0.2, 0.25) is 0 Å². The van der Waals surface area contributed by atoms with E-state index in [2.05, 4.69) is 45.0 Å². The molecule has 0 aliphatic rings. The first kappa shape index (κ1) is 19.0. The van der Waals surface area contributed by atoms with Crippen molar-refractivity contribution in [1.82, 2.24) is 0 Å². The molecule has 3 heteroatoms. The van der Waals surface area contributed by atoms with E-state index in [9.17, 15) is 4.79 Å². The summed E-state index contributed by atoms with van der Waals surface area (Å²) in [5.74, 6) is 1.27. The first-order chi connectivity index (χ1) is 13.9. The van der Waals surface area contributed by atoms with Gasteiger partial charge in [-0.25, -0.2) is 0 Å². The lowest BCUT2D eigenvalue weighted by Gasteiger charge is -2.19. The van der Waals surface area contributed by atoms with Gasteiger partial charge in [-0.1, -0.05) is 69.3 Å². The van der Waals surface area contributed by atoms with Gasteiger partial charge in [-0.15, -0.1) is 0 Å². The van der Waals surface area contributed by atoms with Crippen LogP contribution < -0.4 is 10.2 Å². The Morgan fingerprint density at radius 2 is 1.62 bits per heavy atom. The number of benzene rings is 3. The molecule has 0 radical (unpaired) electrons. The summed E-state index contributed by atoms with van der Waals surface area (Å²) in [4.78, 5) is 12.4. The standard InChI is InChI=1S/C26H24O3/c1-26(2,3)20-13-11-18(12-14-20)17-28-21-8-6-7-19(15-21)25-16-23(27)22-9-4-5-10-24(22)29-25/h4-16H,17H2,1-3H3. The third-order valence-electron chi connectivity index (χ3n) is 4.98. The quantitative estimate of drug-likeness (QED) is 0.412. The molecule has 1 aromatic heterocycles. The van der Waals surface area contributed by atoms with E-state index in [1.54, 1.807) is 6.07 Å². The van der Waals surface area contributed by atoms with Gasteiger partial charge >= 0.3 is 0 Å². The van der Waals surface area contributed by atoms with Gasteiger partial charge in [-0.2, -0.15) is 0 Å². The topological polar surface area (TPSA) is 39.4 Å². The van der Waals surface area contributed by atoms with Crippen LogP contribution in [0.2, 0.25) is 0 Å². The van der Waals surface area contributed by atoms with Crippen LogP contribution in [0.15, 0.2) is 88.1 Å². The molecular formula is C26H24O3. The first-order valence-electron chi connectivity index (χ1n) is 9.76. The predicted molar refractivity (Wildman–Crippen MR) is 117 cm³/mol. The van der Waals surface area contributed by atoms with Gasteiger partial charge in [-0.3, -0.25) is 4.79 Å². The van der Waals surface area contributed by atoms with Crippen molar-refractivity contribution >= 4 is 11.0 Å². The average Bonchev–Trinajstić information content (AvgIpc) is 2.72. The molecule has 0 spiro atoms. The summed E-state index contributed by atoms with van der Waals surface area (Å²) in [6.07, 6.45) is 0. The molecule has 0 aliphatic carbocycles. The molecule has 0 fully saturated rings. The Balaban J connectivity index is 1.54. The Hall–Kier alpha value is -3.33. The molecule has 1 heterocycles. The Labute approximate surface area is 170 Å². The van der Waals surface area contributed by atoms with E-state index in [1.165, 1.54) is 11.6 Å². The molecule has 146 valence electrons. The number of hydrogen-bond donors (Lipinski definition) is 0. The number of para-hydroxylation sites is 1. The fourth-order valence-corrected chi connectivity index (χ4v) is 3.25.